The van der Waals surface area contributed by atoms with Gasteiger partial charge in [0.15, 0.2) is 0 Å². The summed E-state index contributed by atoms with van der Waals surface area (Å²) in [5.41, 5.74) is 0. The maximum atomic E-state index is 8.95. The Morgan fingerprint density at radius 1 is 0.812 bits per heavy atom. The van der Waals surface area contributed by atoms with Crippen molar-refractivity contribution in [2.24, 2.45) is 0 Å². The van der Waals surface area contributed by atoms with Gasteiger partial charge in [-0.05, 0) is 6.07 Å². The number of phenolic OH excluding ortho intramolecular Hbond substituents is 1. The van der Waals surface area contributed by atoms with Gasteiger partial charge in [-0.1, -0.05) is 34.8 Å². The summed E-state index contributed by atoms with van der Waals surface area (Å²) in [5.74, 6) is -0.0592. The molecule has 0 radical (unpaired) electrons. The monoisotopic (exact) mass is 282 g/mol. The second-order valence-corrected chi connectivity index (χ2v) is 4.44. The SMILES string of the molecule is C1CNCCN1.Oc1cc(Cl)c(Cl)cc1Cl. The first-order chi connectivity index (χ1) is 7.61. The van der Waals surface area contributed by atoms with Crippen molar-refractivity contribution < 1.29 is 5.11 Å². The molecule has 3 N–H and O–H groups in total. The second-order valence-electron chi connectivity index (χ2n) is 3.22. The fourth-order valence-corrected chi connectivity index (χ4v) is 1.66. The zero-order valence-corrected chi connectivity index (χ0v) is 10.8. The van der Waals surface area contributed by atoms with Gasteiger partial charge in [-0.3, -0.25) is 0 Å². The third-order valence-electron chi connectivity index (χ3n) is 1.95. The molecule has 0 aromatic heterocycles. The van der Waals surface area contributed by atoms with Crippen LogP contribution in [0.5, 0.6) is 5.75 Å². The summed E-state index contributed by atoms with van der Waals surface area (Å²) in [4.78, 5) is 0. The molecule has 1 aromatic carbocycles. The van der Waals surface area contributed by atoms with Crippen molar-refractivity contribution in [1.82, 2.24) is 10.6 Å². The number of hydrogen-bond donors (Lipinski definition) is 3. The molecule has 16 heavy (non-hydrogen) atoms. The van der Waals surface area contributed by atoms with Crippen molar-refractivity contribution in [1.29, 1.82) is 0 Å². The van der Waals surface area contributed by atoms with Gasteiger partial charge in [0.1, 0.15) is 5.75 Å². The average molecular weight is 284 g/mol. The Labute approximate surface area is 110 Å². The molecule has 0 bridgehead atoms. The number of piperazine rings is 1. The Morgan fingerprint density at radius 2 is 1.25 bits per heavy atom. The van der Waals surface area contributed by atoms with Gasteiger partial charge in [0.25, 0.3) is 0 Å². The van der Waals surface area contributed by atoms with E-state index in [1.807, 2.05) is 0 Å². The van der Waals surface area contributed by atoms with Crippen LogP contribution in [-0.4, -0.2) is 31.3 Å². The maximum Gasteiger partial charge on any atom is 0.135 e. The first-order valence-electron chi connectivity index (χ1n) is 4.86. The van der Waals surface area contributed by atoms with Crippen LogP contribution in [0.4, 0.5) is 0 Å². The highest BCUT2D eigenvalue weighted by atomic mass is 35.5. The number of rotatable bonds is 0. The number of halogens is 3. The van der Waals surface area contributed by atoms with Gasteiger partial charge >= 0.3 is 0 Å². The van der Waals surface area contributed by atoms with Crippen LogP contribution in [0, 0.1) is 0 Å². The summed E-state index contributed by atoms with van der Waals surface area (Å²) in [5, 5.41) is 16.2. The smallest absolute Gasteiger partial charge is 0.135 e. The van der Waals surface area contributed by atoms with Gasteiger partial charge in [-0.2, -0.15) is 0 Å². The Morgan fingerprint density at radius 3 is 1.62 bits per heavy atom. The molecule has 1 heterocycles. The minimum Gasteiger partial charge on any atom is -0.506 e. The molecular weight excluding hydrogens is 270 g/mol. The molecule has 1 aliphatic rings. The molecule has 0 unspecified atom stereocenters. The molecule has 1 saturated heterocycles. The summed E-state index contributed by atoms with van der Waals surface area (Å²) in [6, 6.07) is 2.69. The number of nitrogens with one attached hydrogen (secondary N) is 2. The van der Waals surface area contributed by atoms with E-state index in [2.05, 4.69) is 10.6 Å². The zero-order chi connectivity index (χ0) is 12.0. The molecule has 1 fully saturated rings. The minimum absolute atomic E-state index is 0.0592. The predicted molar refractivity (Wildman–Crippen MR) is 68.9 cm³/mol. The average Bonchev–Trinajstić information content (AvgIpc) is 2.30. The second kappa shape index (κ2) is 7.20. The summed E-state index contributed by atoms with van der Waals surface area (Å²) >= 11 is 16.6. The predicted octanol–water partition coefficient (Wildman–Crippen LogP) is 2.53. The summed E-state index contributed by atoms with van der Waals surface area (Å²) in [7, 11) is 0. The van der Waals surface area contributed by atoms with Crippen LogP contribution in [0.2, 0.25) is 15.1 Å². The lowest BCUT2D eigenvalue weighted by Crippen LogP contribution is -2.39. The van der Waals surface area contributed by atoms with Crippen LogP contribution in [-0.2, 0) is 0 Å². The Hall–Kier alpha value is -0.190. The standard InChI is InChI=1S/C6H3Cl3O.C4H10N2/c7-3-1-5(9)6(10)2-4(3)8;1-2-6-4-3-5-1/h1-2,10H;5-6H,1-4H2. The molecular formula is C10H13Cl3N2O. The van der Waals surface area contributed by atoms with Gasteiger partial charge in [-0.25, -0.2) is 0 Å². The van der Waals surface area contributed by atoms with Gasteiger partial charge in [0, 0.05) is 32.2 Å². The Bertz CT molecular complexity index is 281. The van der Waals surface area contributed by atoms with E-state index in [1.54, 1.807) is 0 Å². The van der Waals surface area contributed by atoms with E-state index in [4.69, 9.17) is 39.9 Å². The maximum absolute atomic E-state index is 8.95. The third kappa shape index (κ3) is 4.76. The number of hydrogen-bond acceptors (Lipinski definition) is 3. The van der Waals surface area contributed by atoms with E-state index in [0.717, 1.165) is 26.2 Å². The highest BCUT2D eigenvalue weighted by Gasteiger charge is 2.02. The number of phenols is 1. The van der Waals surface area contributed by atoms with Gasteiger partial charge in [0.05, 0.1) is 15.1 Å². The molecule has 1 aliphatic heterocycles. The fourth-order valence-electron chi connectivity index (χ4n) is 1.12. The van der Waals surface area contributed by atoms with Crippen molar-refractivity contribution in [3.63, 3.8) is 0 Å². The van der Waals surface area contributed by atoms with Gasteiger partial charge in [0.2, 0.25) is 0 Å². The molecule has 6 heteroatoms. The summed E-state index contributed by atoms with van der Waals surface area (Å²) in [6.07, 6.45) is 0. The molecule has 0 spiro atoms. The van der Waals surface area contributed by atoms with E-state index in [9.17, 15) is 0 Å². The zero-order valence-electron chi connectivity index (χ0n) is 8.56. The van der Waals surface area contributed by atoms with Gasteiger partial charge in [-0.15, -0.1) is 0 Å². The lowest BCUT2D eigenvalue weighted by molar-refractivity contribution is 0.475. The van der Waals surface area contributed by atoms with Crippen molar-refractivity contribution >= 4 is 34.8 Å². The van der Waals surface area contributed by atoms with E-state index in [1.165, 1.54) is 12.1 Å². The van der Waals surface area contributed by atoms with Crippen LogP contribution >= 0.6 is 34.8 Å². The van der Waals surface area contributed by atoms with Crippen molar-refractivity contribution in [2.75, 3.05) is 26.2 Å². The van der Waals surface area contributed by atoms with Crippen LogP contribution in [0.1, 0.15) is 0 Å². The first kappa shape index (κ1) is 13.9. The summed E-state index contributed by atoms with van der Waals surface area (Å²) < 4.78 is 0. The first-order valence-corrected chi connectivity index (χ1v) is 5.99. The Kier molecular flexibility index (Phi) is 6.24. The fraction of sp³-hybridized carbons (Fsp3) is 0.400. The van der Waals surface area contributed by atoms with Crippen molar-refractivity contribution in [2.45, 2.75) is 0 Å². The Balaban J connectivity index is 0.000000181. The van der Waals surface area contributed by atoms with E-state index in [-0.39, 0.29) is 10.8 Å². The summed E-state index contributed by atoms with van der Waals surface area (Å²) in [6.45, 7) is 4.56. The normalized spacial score (nSPS) is 15.2. The van der Waals surface area contributed by atoms with Crippen molar-refractivity contribution in [3.05, 3.63) is 27.2 Å². The quantitative estimate of drug-likeness (QED) is 0.641. The highest BCUT2D eigenvalue weighted by Crippen LogP contribution is 2.32. The van der Waals surface area contributed by atoms with Crippen LogP contribution in [0.3, 0.4) is 0 Å². The number of benzene rings is 1. The molecule has 1 aromatic rings. The van der Waals surface area contributed by atoms with Crippen LogP contribution in [0.15, 0.2) is 12.1 Å². The topological polar surface area (TPSA) is 44.3 Å². The highest BCUT2D eigenvalue weighted by molar-refractivity contribution is 6.43. The van der Waals surface area contributed by atoms with E-state index >= 15 is 0 Å². The molecule has 0 atom stereocenters. The molecule has 0 aliphatic carbocycles. The van der Waals surface area contributed by atoms with Crippen molar-refractivity contribution in [3.8, 4) is 5.75 Å². The van der Waals surface area contributed by atoms with Crippen LogP contribution in [0.25, 0.3) is 0 Å². The lowest BCUT2D eigenvalue weighted by Gasteiger charge is -2.11. The van der Waals surface area contributed by atoms with E-state index < -0.39 is 0 Å². The van der Waals surface area contributed by atoms with Gasteiger partial charge < -0.3 is 15.7 Å². The molecule has 3 nitrogen and oxygen atoms in total. The van der Waals surface area contributed by atoms with Crippen LogP contribution < -0.4 is 10.6 Å². The number of aromatic hydroxyl groups is 1. The molecule has 90 valence electrons. The molecule has 0 amide bonds. The third-order valence-corrected chi connectivity index (χ3v) is 2.97. The van der Waals surface area contributed by atoms with E-state index in [0.29, 0.717) is 10.0 Å². The minimum atomic E-state index is -0.0592. The largest absolute Gasteiger partial charge is 0.506 e. The molecule has 2 rings (SSSR count). The lowest BCUT2D eigenvalue weighted by atomic mass is 10.3. The molecule has 0 saturated carbocycles.